The largest absolute Gasteiger partial charge is 0.359 e. The molecule has 0 aromatic rings. The van der Waals surface area contributed by atoms with Gasteiger partial charge in [-0.1, -0.05) is 0 Å². The molecule has 0 aromatic carbocycles. The molecule has 1 unspecified atom stereocenters. The lowest BCUT2D eigenvalue weighted by atomic mass is 9.63. The highest BCUT2D eigenvalue weighted by molar-refractivity contribution is 5.86. The Labute approximate surface area is 103 Å². The summed E-state index contributed by atoms with van der Waals surface area (Å²) in [6.07, 6.45) is 7.94. The third kappa shape index (κ3) is 1.75. The van der Waals surface area contributed by atoms with Crippen LogP contribution in [0.3, 0.4) is 0 Å². The summed E-state index contributed by atoms with van der Waals surface area (Å²) in [6.45, 7) is 0.396. The van der Waals surface area contributed by atoms with Gasteiger partial charge in [-0.15, -0.1) is 0 Å². The number of ether oxygens (including phenoxy) is 2. The summed E-state index contributed by atoms with van der Waals surface area (Å²) in [7, 11) is 1.67. The molecule has 0 amide bonds. The number of rotatable bonds is 3. The second kappa shape index (κ2) is 4.36. The quantitative estimate of drug-likeness (QED) is 0.709. The van der Waals surface area contributed by atoms with E-state index in [2.05, 4.69) is 0 Å². The van der Waals surface area contributed by atoms with Crippen molar-refractivity contribution in [3.05, 3.63) is 0 Å². The zero-order chi connectivity index (χ0) is 11.9. The molecule has 0 N–H and O–H groups in total. The fraction of sp³-hybridized carbons (Fsp3) is 0.929. The number of Topliss-reactive ketones (excluding diaryl/α,β-unsaturated/α-hetero) is 1. The molecule has 96 valence electrons. The summed E-state index contributed by atoms with van der Waals surface area (Å²) in [4.78, 5) is 12.3. The lowest BCUT2D eigenvalue weighted by Gasteiger charge is -2.41. The Kier molecular flexibility index (Phi) is 2.99. The first-order valence-electron chi connectivity index (χ1n) is 6.90. The highest BCUT2D eigenvalue weighted by atomic mass is 16.7. The third-order valence-electron chi connectivity index (χ3n) is 5.31. The predicted molar refractivity (Wildman–Crippen MR) is 63.5 cm³/mol. The molecular weight excluding hydrogens is 216 g/mol. The average Bonchev–Trinajstić information content (AvgIpc) is 2.64. The van der Waals surface area contributed by atoms with Gasteiger partial charge in [0.25, 0.3) is 0 Å². The van der Waals surface area contributed by atoms with Gasteiger partial charge in [0.15, 0.2) is 0 Å². The van der Waals surface area contributed by atoms with E-state index in [4.69, 9.17) is 9.47 Å². The second-order valence-electron chi connectivity index (χ2n) is 6.02. The van der Waals surface area contributed by atoms with Gasteiger partial charge in [0.1, 0.15) is 12.6 Å². The summed E-state index contributed by atoms with van der Waals surface area (Å²) < 4.78 is 10.8. The number of hydrogen-bond acceptors (Lipinski definition) is 3. The van der Waals surface area contributed by atoms with Gasteiger partial charge in [-0.25, -0.2) is 0 Å². The van der Waals surface area contributed by atoms with E-state index in [1.165, 1.54) is 12.8 Å². The first kappa shape index (κ1) is 11.7. The van der Waals surface area contributed by atoms with Crippen molar-refractivity contribution in [2.45, 2.75) is 51.0 Å². The number of fused-ring (bicyclic) bond motifs is 1. The minimum Gasteiger partial charge on any atom is -0.359 e. The molecule has 1 spiro atoms. The Hall–Kier alpha value is -0.410. The van der Waals surface area contributed by atoms with Gasteiger partial charge in [0.05, 0.1) is 6.10 Å². The van der Waals surface area contributed by atoms with E-state index in [9.17, 15) is 4.79 Å². The molecule has 17 heavy (non-hydrogen) atoms. The molecule has 3 saturated carbocycles. The first-order valence-corrected chi connectivity index (χ1v) is 6.90. The van der Waals surface area contributed by atoms with Gasteiger partial charge in [0.2, 0.25) is 0 Å². The fourth-order valence-electron chi connectivity index (χ4n) is 4.54. The van der Waals surface area contributed by atoms with Crippen molar-refractivity contribution in [3.63, 3.8) is 0 Å². The monoisotopic (exact) mass is 238 g/mol. The molecule has 3 aliphatic carbocycles. The third-order valence-corrected chi connectivity index (χ3v) is 5.31. The average molecular weight is 238 g/mol. The molecule has 0 heterocycles. The Balaban J connectivity index is 1.74. The standard InChI is InChI=1S/C14H22O3/c1-16-9-17-12-5-6-14-8-10(12)7-11(14)3-2-4-13(14)15/h10-12H,2-9H2,1H3/t10-,11+,12?,14+/m1/s1. The molecule has 2 bridgehead atoms. The lowest BCUT2D eigenvalue weighted by Crippen LogP contribution is -2.41. The highest BCUT2D eigenvalue weighted by Gasteiger charge is 2.57. The first-order chi connectivity index (χ1) is 8.26. The van der Waals surface area contributed by atoms with Crippen LogP contribution in [0.5, 0.6) is 0 Å². The highest BCUT2D eigenvalue weighted by Crippen LogP contribution is 2.59. The predicted octanol–water partition coefficient (Wildman–Crippen LogP) is 2.53. The van der Waals surface area contributed by atoms with Crippen LogP contribution in [-0.4, -0.2) is 25.8 Å². The number of hydrogen-bond donors (Lipinski definition) is 0. The van der Waals surface area contributed by atoms with Crippen molar-refractivity contribution in [1.29, 1.82) is 0 Å². The normalized spacial score (nSPS) is 44.8. The van der Waals surface area contributed by atoms with Crippen molar-refractivity contribution in [2.24, 2.45) is 17.3 Å². The molecule has 3 heteroatoms. The summed E-state index contributed by atoms with van der Waals surface area (Å²) in [5.74, 6) is 1.82. The SMILES string of the molecule is COCOC1CC[C@]23C[C@H]1C[C@@H]2CCCC3=O. The Morgan fingerprint density at radius 1 is 1.41 bits per heavy atom. The van der Waals surface area contributed by atoms with Gasteiger partial charge in [-0.05, 0) is 50.4 Å². The van der Waals surface area contributed by atoms with Crippen molar-refractivity contribution >= 4 is 5.78 Å². The van der Waals surface area contributed by atoms with E-state index < -0.39 is 0 Å². The van der Waals surface area contributed by atoms with Crippen molar-refractivity contribution < 1.29 is 14.3 Å². The van der Waals surface area contributed by atoms with Crippen LogP contribution >= 0.6 is 0 Å². The minimum absolute atomic E-state index is 0.0653. The summed E-state index contributed by atoms with van der Waals surface area (Å²) in [5.41, 5.74) is 0.0653. The molecule has 3 rings (SSSR count). The van der Waals surface area contributed by atoms with Crippen LogP contribution in [-0.2, 0) is 14.3 Å². The summed E-state index contributed by atoms with van der Waals surface area (Å²) in [6, 6.07) is 0. The molecule has 3 nitrogen and oxygen atoms in total. The Bertz CT molecular complexity index is 315. The molecule has 0 aromatic heterocycles. The van der Waals surface area contributed by atoms with Crippen LogP contribution in [0, 0.1) is 17.3 Å². The molecule has 0 radical (unpaired) electrons. The summed E-state index contributed by atoms with van der Waals surface area (Å²) >= 11 is 0. The number of carbonyl (C=O) groups excluding carboxylic acids is 1. The zero-order valence-electron chi connectivity index (χ0n) is 10.6. The molecule has 4 atom stereocenters. The fourth-order valence-corrected chi connectivity index (χ4v) is 4.54. The van der Waals surface area contributed by atoms with Crippen molar-refractivity contribution in [1.82, 2.24) is 0 Å². The Morgan fingerprint density at radius 2 is 2.29 bits per heavy atom. The second-order valence-corrected chi connectivity index (χ2v) is 6.02. The van der Waals surface area contributed by atoms with Gasteiger partial charge in [-0.2, -0.15) is 0 Å². The van der Waals surface area contributed by atoms with E-state index >= 15 is 0 Å². The smallest absolute Gasteiger partial charge is 0.146 e. The maximum Gasteiger partial charge on any atom is 0.146 e. The van der Waals surface area contributed by atoms with Gasteiger partial charge >= 0.3 is 0 Å². The van der Waals surface area contributed by atoms with Crippen molar-refractivity contribution in [3.8, 4) is 0 Å². The van der Waals surface area contributed by atoms with Crippen LogP contribution in [0.1, 0.15) is 44.9 Å². The minimum atomic E-state index is 0.0653. The van der Waals surface area contributed by atoms with Crippen LogP contribution in [0.15, 0.2) is 0 Å². The van der Waals surface area contributed by atoms with E-state index in [0.717, 1.165) is 32.1 Å². The van der Waals surface area contributed by atoms with Gasteiger partial charge in [0, 0.05) is 18.9 Å². The maximum absolute atomic E-state index is 12.3. The molecular formula is C14H22O3. The molecule has 0 aliphatic heterocycles. The van der Waals surface area contributed by atoms with E-state index in [-0.39, 0.29) is 5.41 Å². The van der Waals surface area contributed by atoms with E-state index in [1.54, 1.807) is 7.11 Å². The molecule has 3 fully saturated rings. The summed E-state index contributed by atoms with van der Waals surface area (Å²) in [5, 5.41) is 0. The van der Waals surface area contributed by atoms with Crippen molar-refractivity contribution in [2.75, 3.05) is 13.9 Å². The number of methoxy groups -OCH3 is 1. The molecule has 3 aliphatic rings. The van der Waals surface area contributed by atoms with Gasteiger partial charge in [-0.3, -0.25) is 4.79 Å². The lowest BCUT2D eigenvalue weighted by molar-refractivity contribution is -0.139. The van der Waals surface area contributed by atoms with E-state index in [1.807, 2.05) is 0 Å². The van der Waals surface area contributed by atoms with Crippen LogP contribution in [0.25, 0.3) is 0 Å². The van der Waals surface area contributed by atoms with Gasteiger partial charge < -0.3 is 9.47 Å². The van der Waals surface area contributed by atoms with Crippen LogP contribution < -0.4 is 0 Å². The van der Waals surface area contributed by atoms with E-state index in [0.29, 0.717) is 30.5 Å². The number of ketones is 1. The topological polar surface area (TPSA) is 35.5 Å². The Morgan fingerprint density at radius 3 is 3.12 bits per heavy atom. The maximum atomic E-state index is 12.3. The molecule has 0 saturated heterocycles. The zero-order valence-corrected chi connectivity index (χ0v) is 10.6. The van der Waals surface area contributed by atoms with Crippen LogP contribution in [0.4, 0.5) is 0 Å². The van der Waals surface area contributed by atoms with Crippen LogP contribution in [0.2, 0.25) is 0 Å². The number of carbonyl (C=O) groups is 1.